The Bertz CT molecular complexity index is 988. The van der Waals surface area contributed by atoms with Gasteiger partial charge in [0.1, 0.15) is 5.75 Å². The summed E-state index contributed by atoms with van der Waals surface area (Å²) in [6, 6.07) is 14.5. The first-order chi connectivity index (χ1) is 16.4. The number of nitrogens with zero attached hydrogens (tertiary/aromatic N) is 1. The highest BCUT2D eigenvalue weighted by molar-refractivity contribution is 5.91. The molecule has 1 aliphatic heterocycles. The number of hydrogen-bond donors (Lipinski definition) is 2. The SMILES string of the molecule is CCCCN1C(=O)CC(C(=O)NC(C)c2ccc(NC(=O)CC)cc2)C1c1ccc(OC)cc1. The predicted molar refractivity (Wildman–Crippen MR) is 132 cm³/mol. The lowest BCUT2D eigenvalue weighted by molar-refractivity contribution is -0.129. The molecule has 3 unspecified atom stereocenters. The molecule has 3 amide bonds. The summed E-state index contributed by atoms with van der Waals surface area (Å²) in [5.74, 6) is 0.101. The summed E-state index contributed by atoms with van der Waals surface area (Å²) in [4.78, 5) is 39.7. The van der Waals surface area contributed by atoms with Crippen LogP contribution in [0.4, 0.5) is 5.69 Å². The van der Waals surface area contributed by atoms with Crippen LogP contribution < -0.4 is 15.4 Å². The number of rotatable bonds is 10. The second-order valence-corrected chi connectivity index (χ2v) is 8.72. The fourth-order valence-corrected chi connectivity index (χ4v) is 4.34. The molecule has 0 aliphatic carbocycles. The molecule has 7 heteroatoms. The van der Waals surface area contributed by atoms with Gasteiger partial charge in [-0.1, -0.05) is 44.5 Å². The normalized spacial score (nSPS) is 18.5. The molecule has 0 aromatic heterocycles. The lowest BCUT2D eigenvalue weighted by Crippen LogP contribution is -2.37. The quantitative estimate of drug-likeness (QED) is 0.536. The molecule has 0 saturated carbocycles. The van der Waals surface area contributed by atoms with Crippen LogP contribution in [0.5, 0.6) is 5.75 Å². The molecule has 182 valence electrons. The molecular formula is C27H35N3O4. The van der Waals surface area contributed by atoms with Crippen LogP contribution in [0.1, 0.15) is 69.7 Å². The van der Waals surface area contributed by atoms with Crippen molar-refractivity contribution in [2.24, 2.45) is 5.92 Å². The van der Waals surface area contributed by atoms with Crippen molar-refractivity contribution >= 4 is 23.4 Å². The first-order valence-electron chi connectivity index (χ1n) is 12.0. The summed E-state index contributed by atoms with van der Waals surface area (Å²) in [6.07, 6.45) is 2.48. The van der Waals surface area contributed by atoms with Crippen LogP contribution in [0.25, 0.3) is 0 Å². The number of nitrogens with one attached hydrogen (secondary N) is 2. The predicted octanol–water partition coefficient (Wildman–Crippen LogP) is 4.61. The minimum Gasteiger partial charge on any atom is -0.497 e. The van der Waals surface area contributed by atoms with Crippen LogP contribution >= 0.6 is 0 Å². The van der Waals surface area contributed by atoms with Crippen molar-refractivity contribution in [3.63, 3.8) is 0 Å². The van der Waals surface area contributed by atoms with Gasteiger partial charge in [-0.2, -0.15) is 0 Å². The number of unbranched alkanes of at least 4 members (excludes halogenated alkanes) is 1. The van der Waals surface area contributed by atoms with Crippen molar-refractivity contribution < 1.29 is 19.1 Å². The standard InChI is InChI=1S/C27H35N3O4/c1-5-7-16-30-25(32)17-23(26(30)20-10-14-22(34-4)15-11-20)27(33)28-18(3)19-8-12-21(13-9-19)29-24(31)6-2/h8-15,18,23,26H,5-7,16-17H2,1-4H3,(H,28,33)(H,29,31). The average molecular weight is 466 g/mol. The maximum atomic E-state index is 13.4. The van der Waals surface area contributed by atoms with Crippen LogP contribution in [0, 0.1) is 5.92 Å². The minimum absolute atomic E-state index is 0.0121. The number of amides is 3. The third-order valence-electron chi connectivity index (χ3n) is 6.35. The van der Waals surface area contributed by atoms with E-state index in [0.717, 1.165) is 35.4 Å². The second-order valence-electron chi connectivity index (χ2n) is 8.72. The second kappa shape index (κ2) is 11.7. The summed E-state index contributed by atoms with van der Waals surface area (Å²) in [5.41, 5.74) is 2.59. The van der Waals surface area contributed by atoms with E-state index in [2.05, 4.69) is 17.6 Å². The zero-order valence-corrected chi connectivity index (χ0v) is 20.5. The number of hydrogen-bond acceptors (Lipinski definition) is 4. The molecule has 2 aromatic carbocycles. The van der Waals surface area contributed by atoms with Crippen molar-refractivity contribution in [3.8, 4) is 5.75 Å². The van der Waals surface area contributed by atoms with E-state index in [1.54, 1.807) is 14.0 Å². The van der Waals surface area contributed by atoms with Crippen LogP contribution in [-0.4, -0.2) is 36.3 Å². The zero-order chi connectivity index (χ0) is 24.7. The minimum atomic E-state index is -0.469. The molecule has 34 heavy (non-hydrogen) atoms. The lowest BCUT2D eigenvalue weighted by atomic mass is 9.92. The molecule has 0 spiro atoms. The van der Waals surface area contributed by atoms with Crippen LogP contribution in [-0.2, 0) is 14.4 Å². The molecule has 1 fully saturated rings. The van der Waals surface area contributed by atoms with Crippen molar-refractivity contribution in [3.05, 3.63) is 59.7 Å². The molecule has 1 saturated heterocycles. The Hall–Kier alpha value is -3.35. The van der Waals surface area contributed by atoms with Crippen molar-refractivity contribution in [2.45, 2.75) is 58.5 Å². The van der Waals surface area contributed by atoms with Gasteiger partial charge in [0.2, 0.25) is 17.7 Å². The van der Waals surface area contributed by atoms with Crippen molar-refractivity contribution in [1.29, 1.82) is 0 Å². The molecule has 7 nitrogen and oxygen atoms in total. The number of carbonyl (C=O) groups is 3. The largest absolute Gasteiger partial charge is 0.497 e. The van der Waals surface area contributed by atoms with Gasteiger partial charge >= 0.3 is 0 Å². The molecule has 1 aliphatic rings. The molecule has 1 heterocycles. The Morgan fingerprint density at radius 1 is 1.09 bits per heavy atom. The summed E-state index contributed by atoms with van der Waals surface area (Å²) < 4.78 is 5.27. The van der Waals surface area contributed by atoms with E-state index in [9.17, 15) is 14.4 Å². The highest BCUT2D eigenvalue weighted by Gasteiger charge is 2.44. The van der Waals surface area contributed by atoms with E-state index in [1.807, 2.05) is 60.4 Å². The maximum absolute atomic E-state index is 13.4. The van der Waals surface area contributed by atoms with E-state index in [4.69, 9.17) is 4.74 Å². The van der Waals surface area contributed by atoms with Gasteiger partial charge in [-0.25, -0.2) is 0 Å². The summed E-state index contributed by atoms with van der Waals surface area (Å²) in [6.45, 7) is 6.45. The lowest BCUT2D eigenvalue weighted by Gasteiger charge is -2.29. The third-order valence-corrected chi connectivity index (χ3v) is 6.35. The van der Waals surface area contributed by atoms with E-state index in [1.165, 1.54) is 0 Å². The summed E-state index contributed by atoms with van der Waals surface area (Å²) in [5, 5.41) is 5.92. The van der Waals surface area contributed by atoms with Crippen LogP contribution in [0.15, 0.2) is 48.5 Å². The monoisotopic (exact) mass is 465 g/mol. The number of carbonyl (C=O) groups excluding carboxylic acids is 3. The molecule has 3 rings (SSSR count). The van der Waals surface area contributed by atoms with E-state index in [-0.39, 0.29) is 36.2 Å². The fraction of sp³-hybridized carbons (Fsp3) is 0.444. The van der Waals surface area contributed by atoms with Gasteiger partial charge in [-0.15, -0.1) is 0 Å². The van der Waals surface area contributed by atoms with Gasteiger partial charge in [0.05, 0.1) is 25.1 Å². The topological polar surface area (TPSA) is 87.7 Å². The van der Waals surface area contributed by atoms with Crippen LogP contribution in [0.2, 0.25) is 0 Å². The Morgan fingerprint density at radius 3 is 2.35 bits per heavy atom. The summed E-state index contributed by atoms with van der Waals surface area (Å²) >= 11 is 0. The van der Waals surface area contributed by atoms with Gasteiger partial charge in [0.25, 0.3) is 0 Å². The van der Waals surface area contributed by atoms with Crippen molar-refractivity contribution in [2.75, 3.05) is 19.0 Å². The van der Waals surface area contributed by atoms with Gasteiger partial charge in [-0.3, -0.25) is 14.4 Å². The summed E-state index contributed by atoms with van der Waals surface area (Å²) in [7, 11) is 1.61. The average Bonchev–Trinajstić information content (AvgIpc) is 3.19. The van der Waals surface area contributed by atoms with Gasteiger partial charge in [0.15, 0.2) is 0 Å². The maximum Gasteiger partial charge on any atom is 0.226 e. The van der Waals surface area contributed by atoms with Crippen molar-refractivity contribution in [1.82, 2.24) is 10.2 Å². The molecular weight excluding hydrogens is 430 g/mol. The van der Waals surface area contributed by atoms with E-state index in [0.29, 0.717) is 13.0 Å². The van der Waals surface area contributed by atoms with E-state index >= 15 is 0 Å². The number of anilines is 1. The Kier molecular flexibility index (Phi) is 8.68. The number of ether oxygens (including phenoxy) is 1. The number of benzene rings is 2. The zero-order valence-electron chi connectivity index (χ0n) is 20.5. The highest BCUT2D eigenvalue weighted by Crippen LogP contribution is 2.39. The van der Waals surface area contributed by atoms with Crippen LogP contribution in [0.3, 0.4) is 0 Å². The first-order valence-corrected chi connectivity index (χ1v) is 12.0. The van der Waals surface area contributed by atoms with E-state index < -0.39 is 5.92 Å². The molecule has 0 radical (unpaired) electrons. The van der Waals surface area contributed by atoms with Gasteiger partial charge < -0.3 is 20.3 Å². The highest BCUT2D eigenvalue weighted by atomic mass is 16.5. The molecule has 0 bridgehead atoms. The Balaban J connectivity index is 1.76. The number of methoxy groups -OCH3 is 1. The first kappa shape index (κ1) is 25.3. The molecule has 2 aromatic rings. The smallest absolute Gasteiger partial charge is 0.226 e. The van der Waals surface area contributed by atoms with Gasteiger partial charge in [-0.05, 0) is 48.7 Å². The fourth-order valence-electron chi connectivity index (χ4n) is 4.34. The number of likely N-dealkylation sites (tertiary alicyclic amines) is 1. The molecule has 3 atom stereocenters. The molecule has 2 N–H and O–H groups in total. The third kappa shape index (κ3) is 5.95. The van der Waals surface area contributed by atoms with Gasteiger partial charge in [0, 0.05) is 25.1 Å². The Labute approximate surface area is 201 Å². The Morgan fingerprint density at radius 2 is 1.76 bits per heavy atom.